The molecular weight excluding hydrogens is 292 g/mol. The predicted molar refractivity (Wildman–Crippen MR) is 88.3 cm³/mol. The van der Waals surface area contributed by atoms with Gasteiger partial charge in [0.1, 0.15) is 11.3 Å². The summed E-state index contributed by atoms with van der Waals surface area (Å²) in [4.78, 5) is 30.7. The Morgan fingerprint density at radius 3 is 2.70 bits per heavy atom. The summed E-state index contributed by atoms with van der Waals surface area (Å²) in [6, 6.07) is 5.18. The number of nitrogens with zero attached hydrogens (tertiary/aromatic N) is 2. The van der Waals surface area contributed by atoms with Crippen LogP contribution in [-0.4, -0.2) is 39.9 Å². The molecule has 2 heterocycles. The van der Waals surface area contributed by atoms with Crippen LogP contribution in [0.15, 0.2) is 24.4 Å². The lowest BCUT2D eigenvalue weighted by Crippen LogP contribution is -2.48. The number of hydrogen-bond acceptors (Lipinski definition) is 4. The van der Waals surface area contributed by atoms with Gasteiger partial charge in [-0.25, -0.2) is 4.79 Å². The van der Waals surface area contributed by atoms with Crippen LogP contribution in [0.1, 0.15) is 57.4 Å². The monoisotopic (exact) mass is 318 g/mol. The van der Waals surface area contributed by atoms with Crippen molar-refractivity contribution in [1.82, 2.24) is 9.88 Å². The molecule has 0 saturated carbocycles. The molecule has 2 rings (SSSR count). The topological polar surface area (TPSA) is 59.5 Å². The number of pyridine rings is 1. The summed E-state index contributed by atoms with van der Waals surface area (Å²) in [5, 5.41) is 0. The smallest absolute Gasteiger partial charge is 0.410 e. The molecule has 23 heavy (non-hydrogen) atoms. The van der Waals surface area contributed by atoms with Gasteiger partial charge in [-0.05, 0) is 51.7 Å². The number of rotatable bonds is 3. The van der Waals surface area contributed by atoms with Crippen molar-refractivity contribution in [2.45, 2.75) is 58.6 Å². The minimum Gasteiger partial charge on any atom is -0.444 e. The summed E-state index contributed by atoms with van der Waals surface area (Å²) in [6.07, 6.45) is 3.33. The zero-order valence-corrected chi connectivity index (χ0v) is 14.4. The molecule has 0 radical (unpaired) electrons. The number of ether oxygens (including phenoxy) is 1. The molecule has 0 aliphatic carbocycles. The molecule has 0 spiro atoms. The second-order valence-electron chi connectivity index (χ2n) is 7.30. The van der Waals surface area contributed by atoms with Gasteiger partial charge in [-0.2, -0.15) is 0 Å². The number of hydrogen-bond donors (Lipinski definition) is 0. The number of Topliss-reactive ketones (excluding diaryl/α,β-unsaturated/α-hetero) is 1. The minimum atomic E-state index is -0.532. The molecule has 1 saturated heterocycles. The highest BCUT2D eigenvalue weighted by molar-refractivity contribution is 5.94. The minimum absolute atomic E-state index is 0.0294. The molecule has 2 unspecified atom stereocenters. The van der Waals surface area contributed by atoms with Crippen molar-refractivity contribution in [3.8, 4) is 0 Å². The van der Waals surface area contributed by atoms with Crippen molar-refractivity contribution in [2.75, 3.05) is 6.54 Å². The van der Waals surface area contributed by atoms with Gasteiger partial charge in [-0.15, -0.1) is 0 Å². The van der Waals surface area contributed by atoms with E-state index in [0.29, 0.717) is 24.6 Å². The Hall–Kier alpha value is -1.91. The number of piperidine rings is 1. The van der Waals surface area contributed by atoms with Gasteiger partial charge in [-0.3, -0.25) is 9.78 Å². The van der Waals surface area contributed by atoms with Crippen LogP contribution < -0.4 is 0 Å². The molecule has 1 aromatic rings. The molecule has 5 nitrogen and oxygen atoms in total. The molecule has 0 N–H and O–H groups in total. The zero-order chi connectivity index (χ0) is 17.0. The van der Waals surface area contributed by atoms with Gasteiger partial charge in [0.2, 0.25) is 0 Å². The van der Waals surface area contributed by atoms with Gasteiger partial charge in [0.05, 0.1) is 0 Å². The normalized spacial score (nSPS) is 21.8. The van der Waals surface area contributed by atoms with E-state index in [1.165, 1.54) is 0 Å². The molecule has 126 valence electrons. The molecule has 2 atom stereocenters. The Morgan fingerprint density at radius 1 is 1.35 bits per heavy atom. The SMILES string of the molecule is CC1CCN(C(=O)OC(C)(C)C)C(CC(=O)c2ccccn2)C1. The van der Waals surface area contributed by atoms with Crippen LogP contribution in [0.5, 0.6) is 0 Å². The van der Waals surface area contributed by atoms with E-state index in [2.05, 4.69) is 11.9 Å². The first-order valence-corrected chi connectivity index (χ1v) is 8.20. The first-order valence-electron chi connectivity index (χ1n) is 8.20. The first-order chi connectivity index (χ1) is 10.8. The summed E-state index contributed by atoms with van der Waals surface area (Å²) < 4.78 is 5.49. The van der Waals surface area contributed by atoms with E-state index in [-0.39, 0.29) is 17.9 Å². The van der Waals surface area contributed by atoms with Gasteiger partial charge in [-0.1, -0.05) is 13.0 Å². The van der Waals surface area contributed by atoms with Crippen LogP contribution in [0, 0.1) is 5.92 Å². The molecule has 5 heteroatoms. The van der Waals surface area contributed by atoms with E-state index in [1.54, 1.807) is 29.3 Å². The Balaban J connectivity index is 2.08. The maximum atomic E-state index is 12.4. The molecule has 1 aliphatic rings. The van der Waals surface area contributed by atoms with E-state index < -0.39 is 5.60 Å². The number of aromatic nitrogens is 1. The molecule has 1 aromatic heterocycles. The number of carbonyl (C=O) groups is 2. The van der Waals surface area contributed by atoms with Crippen molar-refractivity contribution < 1.29 is 14.3 Å². The Bertz CT molecular complexity index is 551. The first kappa shape index (κ1) is 17.4. The molecule has 1 fully saturated rings. The second kappa shape index (κ2) is 7.11. The summed E-state index contributed by atoms with van der Waals surface area (Å²) >= 11 is 0. The van der Waals surface area contributed by atoms with Crippen LogP contribution in [0.3, 0.4) is 0 Å². The average Bonchev–Trinajstić information content (AvgIpc) is 2.46. The van der Waals surface area contributed by atoms with Gasteiger partial charge >= 0.3 is 6.09 Å². The number of carbonyl (C=O) groups excluding carboxylic acids is 2. The van der Waals surface area contributed by atoms with Crippen LogP contribution in [0.4, 0.5) is 4.79 Å². The summed E-state index contributed by atoms with van der Waals surface area (Å²) in [7, 11) is 0. The van der Waals surface area contributed by atoms with Crippen molar-refractivity contribution >= 4 is 11.9 Å². The van der Waals surface area contributed by atoms with Crippen LogP contribution in [0.25, 0.3) is 0 Å². The van der Waals surface area contributed by atoms with E-state index in [9.17, 15) is 9.59 Å². The molecule has 1 amide bonds. The number of ketones is 1. The molecule has 0 aromatic carbocycles. The maximum absolute atomic E-state index is 12.4. The van der Waals surface area contributed by atoms with Gasteiger partial charge < -0.3 is 9.64 Å². The number of amides is 1. The largest absolute Gasteiger partial charge is 0.444 e. The third kappa shape index (κ3) is 5.05. The third-order valence-electron chi connectivity index (χ3n) is 3.98. The highest BCUT2D eigenvalue weighted by atomic mass is 16.6. The van der Waals surface area contributed by atoms with Gasteiger partial charge in [0, 0.05) is 25.2 Å². The van der Waals surface area contributed by atoms with Crippen LogP contribution >= 0.6 is 0 Å². The highest BCUT2D eigenvalue weighted by Crippen LogP contribution is 2.27. The Kier molecular flexibility index (Phi) is 5.39. The summed E-state index contributed by atoms with van der Waals surface area (Å²) in [5.41, 5.74) is -0.0785. The second-order valence-corrected chi connectivity index (χ2v) is 7.30. The fourth-order valence-electron chi connectivity index (χ4n) is 2.85. The van der Waals surface area contributed by atoms with Gasteiger partial charge in [0.15, 0.2) is 5.78 Å². The Morgan fingerprint density at radius 2 is 2.09 bits per heavy atom. The molecule has 0 bridgehead atoms. The highest BCUT2D eigenvalue weighted by Gasteiger charge is 2.34. The Labute approximate surface area is 138 Å². The van der Waals surface area contributed by atoms with E-state index >= 15 is 0 Å². The van der Waals surface area contributed by atoms with Crippen molar-refractivity contribution in [1.29, 1.82) is 0 Å². The van der Waals surface area contributed by atoms with Crippen molar-refractivity contribution in [3.63, 3.8) is 0 Å². The molecular formula is C18H26N2O3. The fourth-order valence-corrected chi connectivity index (χ4v) is 2.85. The zero-order valence-electron chi connectivity index (χ0n) is 14.4. The lowest BCUT2D eigenvalue weighted by Gasteiger charge is -2.38. The van der Waals surface area contributed by atoms with Crippen molar-refractivity contribution in [2.24, 2.45) is 5.92 Å². The van der Waals surface area contributed by atoms with Crippen molar-refractivity contribution in [3.05, 3.63) is 30.1 Å². The summed E-state index contributed by atoms with van der Waals surface area (Å²) in [6.45, 7) is 8.35. The quantitative estimate of drug-likeness (QED) is 0.798. The predicted octanol–water partition coefficient (Wildman–Crippen LogP) is 3.69. The lowest BCUT2D eigenvalue weighted by molar-refractivity contribution is 0.00512. The van der Waals surface area contributed by atoms with E-state index in [0.717, 1.165) is 12.8 Å². The number of likely N-dealkylation sites (tertiary alicyclic amines) is 1. The average molecular weight is 318 g/mol. The third-order valence-corrected chi connectivity index (χ3v) is 3.98. The molecule has 1 aliphatic heterocycles. The fraction of sp³-hybridized carbons (Fsp3) is 0.611. The maximum Gasteiger partial charge on any atom is 0.410 e. The lowest BCUT2D eigenvalue weighted by atomic mass is 9.89. The van der Waals surface area contributed by atoms with Crippen LogP contribution in [0.2, 0.25) is 0 Å². The standard InChI is InChI=1S/C18H26N2O3/c1-13-8-10-20(17(22)23-18(2,3)4)14(11-13)12-16(21)15-7-5-6-9-19-15/h5-7,9,13-14H,8,10-12H2,1-4H3. The van der Waals surface area contributed by atoms with Gasteiger partial charge in [0.25, 0.3) is 0 Å². The van der Waals surface area contributed by atoms with Crippen LogP contribution in [-0.2, 0) is 4.74 Å². The van der Waals surface area contributed by atoms with E-state index in [4.69, 9.17) is 4.74 Å². The summed E-state index contributed by atoms with van der Waals surface area (Å²) in [5.74, 6) is 0.466. The van der Waals surface area contributed by atoms with E-state index in [1.807, 2.05) is 20.8 Å².